The highest BCUT2D eigenvalue weighted by Gasteiger charge is 2.43. The number of benzene rings is 2. The fraction of sp³-hybridized carbons (Fsp3) is 0.259. The van der Waals surface area contributed by atoms with Crippen molar-refractivity contribution in [2.24, 2.45) is 5.73 Å². The molecule has 3 heterocycles. The van der Waals surface area contributed by atoms with E-state index in [0.29, 0.717) is 5.69 Å². The molecular weight excluding hydrogens is 549 g/mol. The van der Waals surface area contributed by atoms with Crippen LogP contribution >= 0.6 is 0 Å². The van der Waals surface area contributed by atoms with Gasteiger partial charge in [-0.15, -0.1) is 0 Å². The second-order valence-corrected chi connectivity index (χ2v) is 9.45. The number of hydrogen-bond donors (Lipinski definition) is 2. The summed E-state index contributed by atoms with van der Waals surface area (Å²) >= 11 is 0. The SMILES string of the molecule is NCC1(F)CCCN(c2c(NC(=O)c3ccn(-c4ccnnc4)n3)ccc(Oc3ccccc3F)c2C(F)(F)F)C1. The molecule has 0 radical (unpaired) electrons. The number of hydrogen-bond acceptors (Lipinski definition) is 7. The highest BCUT2D eigenvalue weighted by atomic mass is 19.4. The number of rotatable bonds is 7. The van der Waals surface area contributed by atoms with Crippen molar-refractivity contribution in [3.8, 4) is 17.2 Å². The van der Waals surface area contributed by atoms with E-state index < -0.39 is 59.4 Å². The maximum Gasteiger partial charge on any atom is 0.422 e. The number of piperidine rings is 1. The Hall–Kier alpha value is -4.59. The van der Waals surface area contributed by atoms with Crippen LogP contribution in [0.15, 0.2) is 67.1 Å². The van der Waals surface area contributed by atoms with Gasteiger partial charge >= 0.3 is 6.18 Å². The van der Waals surface area contributed by atoms with Gasteiger partial charge < -0.3 is 20.7 Å². The smallest absolute Gasteiger partial charge is 0.422 e. The lowest BCUT2D eigenvalue weighted by Crippen LogP contribution is -2.50. The van der Waals surface area contributed by atoms with Crippen molar-refractivity contribution in [2.75, 3.05) is 29.9 Å². The molecule has 214 valence electrons. The Morgan fingerprint density at radius 3 is 2.61 bits per heavy atom. The monoisotopic (exact) mass is 573 g/mol. The Labute approximate surface area is 230 Å². The van der Waals surface area contributed by atoms with Crippen molar-refractivity contribution < 1.29 is 31.5 Å². The summed E-state index contributed by atoms with van der Waals surface area (Å²) in [6, 6.07) is 10.1. The number of carbonyl (C=O) groups excluding carboxylic acids is 1. The zero-order chi connectivity index (χ0) is 29.2. The number of amides is 1. The van der Waals surface area contributed by atoms with Gasteiger partial charge in [-0.3, -0.25) is 4.79 Å². The minimum absolute atomic E-state index is 0.0461. The topological polar surface area (TPSA) is 111 Å². The predicted molar refractivity (Wildman–Crippen MR) is 139 cm³/mol. The van der Waals surface area contributed by atoms with Crippen molar-refractivity contribution in [2.45, 2.75) is 24.7 Å². The Kier molecular flexibility index (Phi) is 7.58. The van der Waals surface area contributed by atoms with Gasteiger partial charge in [-0.05, 0) is 49.2 Å². The Balaban J connectivity index is 1.58. The summed E-state index contributed by atoms with van der Waals surface area (Å²) in [5.41, 5.74) is 1.98. The lowest BCUT2D eigenvalue weighted by Gasteiger charge is -2.40. The summed E-state index contributed by atoms with van der Waals surface area (Å²) < 4.78 is 80.6. The average molecular weight is 574 g/mol. The molecule has 1 atom stereocenters. The molecule has 1 unspecified atom stereocenters. The fourth-order valence-corrected chi connectivity index (χ4v) is 4.65. The molecule has 1 aliphatic heterocycles. The Morgan fingerprint density at radius 1 is 1.10 bits per heavy atom. The molecule has 5 rings (SSSR count). The third-order valence-electron chi connectivity index (χ3n) is 6.59. The third-order valence-corrected chi connectivity index (χ3v) is 6.59. The molecule has 0 aliphatic carbocycles. The van der Waals surface area contributed by atoms with Gasteiger partial charge in [-0.2, -0.15) is 28.5 Å². The molecule has 0 bridgehead atoms. The number of para-hydroxylation sites is 1. The van der Waals surface area contributed by atoms with Crippen molar-refractivity contribution in [3.05, 3.63) is 84.2 Å². The van der Waals surface area contributed by atoms with Gasteiger partial charge in [0, 0.05) is 19.3 Å². The highest BCUT2D eigenvalue weighted by molar-refractivity contribution is 6.05. The molecule has 2 aromatic heterocycles. The number of alkyl halides is 4. The van der Waals surface area contributed by atoms with Crippen LogP contribution < -0.4 is 20.7 Å². The Morgan fingerprint density at radius 2 is 1.90 bits per heavy atom. The van der Waals surface area contributed by atoms with Gasteiger partial charge in [0.15, 0.2) is 17.3 Å². The van der Waals surface area contributed by atoms with Gasteiger partial charge in [0.2, 0.25) is 0 Å². The highest BCUT2D eigenvalue weighted by Crippen LogP contribution is 2.49. The molecular formula is C27H24F5N7O2. The number of anilines is 2. The number of ether oxygens (including phenoxy) is 1. The molecule has 1 amide bonds. The first-order valence-corrected chi connectivity index (χ1v) is 12.5. The summed E-state index contributed by atoms with van der Waals surface area (Å²) in [6.45, 7) is -0.814. The summed E-state index contributed by atoms with van der Waals surface area (Å²) in [5.74, 6) is -2.83. The van der Waals surface area contributed by atoms with Crippen LogP contribution in [0.25, 0.3) is 5.69 Å². The number of carbonyl (C=O) groups is 1. The fourth-order valence-electron chi connectivity index (χ4n) is 4.65. The first kappa shape index (κ1) is 28.0. The van der Waals surface area contributed by atoms with Crippen LogP contribution in [0.2, 0.25) is 0 Å². The molecule has 1 aliphatic rings. The van der Waals surface area contributed by atoms with Gasteiger partial charge in [0.1, 0.15) is 17.0 Å². The van der Waals surface area contributed by atoms with Crippen LogP contribution in [0.1, 0.15) is 28.9 Å². The standard InChI is InChI=1S/C27H24F5N7O2/c28-18-4-1-2-5-21(18)41-22-7-6-19(36-25(40)20-9-13-39(37-20)17-8-11-34-35-14-17)24(23(22)27(30,31)32)38-12-3-10-26(29,15-33)16-38/h1-2,4-9,11,13-14H,3,10,12,15-16,33H2,(H,36,40). The van der Waals surface area contributed by atoms with E-state index in [1.165, 1.54) is 58.5 Å². The number of nitrogens with two attached hydrogens (primary N) is 1. The van der Waals surface area contributed by atoms with E-state index in [2.05, 4.69) is 20.6 Å². The normalized spacial score (nSPS) is 17.4. The van der Waals surface area contributed by atoms with Crippen molar-refractivity contribution in [1.29, 1.82) is 0 Å². The quantitative estimate of drug-likeness (QED) is 0.295. The maximum absolute atomic E-state index is 15.4. The maximum atomic E-state index is 15.4. The van der Waals surface area contributed by atoms with E-state index in [1.807, 2.05) is 0 Å². The van der Waals surface area contributed by atoms with E-state index >= 15 is 4.39 Å². The molecule has 2 aromatic carbocycles. The predicted octanol–water partition coefficient (Wildman–Crippen LogP) is 5.13. The van der Waals surface area contributed by atoms with Crippen molar-refractivity contribution >= 4 is 17.3 Å². The molecule has 1 fully saturated rings. The largest absolute Gasteiger partial charge is 0.454 e. The lowest BCUT2D eigenvalue weighted by atomic mass is 9.93. The molecule has 4 aromatic rings. The molecule has 9 nitrogen and oxygen atoms in total. The van der Waals surface area contributed by atoms with Crippen LogP contribution in [0.3, 0.4) is 0 Å². The number of nitrogens with zero attached hydrogens (tertiary/aromatic N) is 5. The van der Waals surface area contributed by atoms with Crippen LogP contribution in [0.5, 0.6) is 11.5 Å². The van der Waals surface area contributed by atoms with Crippen LogP contribution in [-0.4, -0.2) is 51.2 Å². The zero-order valence-electron chi connectivity index (χ0n) is 21.4. The van der Waals surface area contributed by atoms with Gasteiger partial charge in [0.25, 0.3) is 5.91 Å². The molecule has 0 spiro atoms. The minimum Gasteiger partial charge on any atom is -0.454 e. The van der Waals surface area contributed by atoms with E-state index in [4.69, 9.17) is 10.5 Å². The number of nitrogens with one attached hydrogen (secondary N) is 1. The van der Waals surface area contributed by atoms with E-state index in [1.54, 1.807) is 6.07 Å². The number of halogens is 5. The molecule has 14 heteroatoms. The first-order valence-electron chi connectivity index (χ1n) is 12.5. The van der Waals surface area contributed by atoms with Crippen molar-refractivity contribution in [1.82, 2.24) is 20.0 Å². The summed E-state index contributed by atoms with van der Waals surface area (Å²) in [6.07, 6.45) is -0.448. The van der Waals surface area contributed by atoms with Gasteiger partial charge in [0.05, 0.1) is 36.0 Å². The summed E-state index contributed by atoms with van der Waals surface area (Å²) in [4.78, 5) is 14.4. The second-order valence-electron chi connectivity index (χ2n) is 9.45. The lowest BCUT2D eigenvalue weighted by molar-refractivity contribution is -0.138. The van der Waals surface area contributed by atoms with Crippen LogP contribution in [-0.2, 0) is 6.18 Å². The molecule has 41 heavy (non-hydrogen) atoms. The second kappa shape index (κ2) is 11.1. The Bertz CT molecular complexity index is 1550. The molecule has 3 N–H and O–H groups in total. The van der Waals surface area contributed by atoms with Crippen LogP contribution in [0.4, 0.5) is 33.3 Å². The molecule has 1 saturated heterocycles. The van der Waals surface area contributed by atoms with Crippen LogP contribution in [0, 0.1) is 5.82 Å². The van der Waals surface area contributed by atoms with E-state index in [0.717, 1.165) is 12.1 Å². The van der Waals surface area contributed by atoms with Gasteiger partial charge in [-0.25, -0.2) is 13.5 Å². The van der Waals surface area contributed by atoms with E-state index in [-0.39, 0.29) is 30.8 Å². The third kappa shape index (κ3) is 5.96. The first-order chi connectivity index (χ1) is 19.6. The summed E-state index contributed by atoms with van der Waals surface area (Å²) in [7, 11) is 0. The van der Waals surface area contributed by atoms with E-state index in [9.17, 15) is 22.4 Å². The van der Waals surface area contributed by atoms with Crippen molar-refractivity contribution in [3.63, 3.8) is 0 Å². The summed E-state index contributed by atoms with van der Waals surface area (Å²) in [5, 5.41) is 14.1. The number of aromatic nitrogens is 4. The molecule has 0 saturated carbocycles. The van der Waals surface area contributed by atoms with Gasteiger partial charge in [-0.1, -0.05) is 12.1 Å². The minimum atomic E-state index is -5.04. The average Bonchev–Trinajstić information content (AvgIpc) is 3.45. The zero-order valence-corrected chi connectivity index (χ0v) is 21.4.